The predicted molar refractivity (Wildman–Crippen MR) is 82.2 cm³/mol. The van der Waals surface area contributed by atoms with Gasteiger partial charge in [0.2, 0.25) is 0 Å². The second-order valence-corrected chi connectivity index (χ2v) is 7.82. The Morgan fingerprint density at radius 2 is 2.11 bits per heavy atom. The minimum Gasteiger partial charge on any atom is -0.326 e. The highest BCUT2D eigenvalue weighted by Gasteiger charge is 2.18. The van der Waals surface area contributed by atoms with Crippen LogP contribution in [-0.4, -0.2) is 8.42 Å². The van der Waals surface area contributed by atoms with Gasteiger partial charge in [0, 0.05) is 16.0 Å². The van der Waals surface area contributed by atoms with Gasteiger partial charge >= 0.3 is 0 Å². The molecule has 3 N–H and O–H groups in total. The van der Waals surface area contributed by atoms with Gasteiger partial charge < -0.3 is 5.73 Å². The van der Waals surface area contributed by atoms with Crippen molar-refractivity contribution in [3.63, 3.8) is 0 Å². The van der Waals surface area contributed by atoms with E-state index in [0.29, 0.717) is 21.7 Å². The lowest BCUT2D eigenvalue weighted by Gasteiger charge is -2.08. The summed E-state index contributed by atoms with van der Waals surface area (Å²) in [6, 6.07) is 6.40. The van der Waals surface area contributed by atoms with Crippen molar-refractivity contribution in [2.45, 2.75) is 10.8 Å². The molecule has 0 saturated carbocycles. The van der Waals surface area contributed by atoms with Crippen molar-refractivity contribution >= 4 is 54.6 Å². The Hall–Kier alpha value is -0.600. The summed E-state index contributed by atoms with van der Waals surface area (Å²) in [7, 11) is -3.60. The summed E-state index contributed by atoms with van der Waals surface area (Å²) in [5.41, 5.74) is 6.70. The molecule has 0 aliphatic heterocycles. The first kappa shape index (κ1) is 14.8. The zero-order valence-corrected chi connectivity index (χ0v) is 13.5. The standard InChI is InChI=1S/C11H10BrClN2O2S2/c12-9-4-8(13)1-2-10(9)15-19(16,17)11-3-7(5-14)6-18-11/h1-4,6,15H,5,14H2. The van der Waals surface area contributed by atoms with Gasteiger partial charge in [0.1, 0.15) is 4.21 Å². The molecule has 2 rings (SSSR count). The van der Waals surface area contributed by atoms with Gasteiger partial charge in [-0.15, -0.1) is 11.3 Å². The second kappa shape index (κ2) is 5.80. The lowest BCUT2D eigenvalue weighted by molar-refractivity contribution is 0.603. The van der Waals surface area contributed by atoms with E-state index in [4.69, 9.17) is 17.3 Å². The first-order valence-electron chi connectivity index (χ1n) is 5.18. The minimum atomic E-state index is -3.60. The van der Waals surface area contributed by atoms with Crippen LogP contribution >= 0.6 is 38.9 Å². The largest absolute Gasteiger partial charge is 0.326 e. The summed E-state index contributed by atoms with van der Waals surface area (Å²) >= 11 is 10.2. The monoisotopic (exact) mass is 380 g/mol. The summed E-state index contributed by atoms with van der Waals surface area (Å²) in [5.74, 6) is 0. The summed E-state index contributed by atoms with van der Waals surface area (Å²) in [6.45, 7) is 0.316. The Kier molecular flexibility index (Phi) is 4.52. The number of rotatable bonds is 4. The van der Waals surface area contributed by atoms with E-state index in [1.54, 1.807) is 29.6 Å². The molecule has 0 saturated heterocycles. The van der Waals surface area contributed by atoms with Crippen molar-refractivity contribution in [2.24, 2.45) is 5.73 Å². The Balaban J connectivity index is 2.30. The number of thiophene rings is 1. The normalized spacial score (nSPS) is 11.5. The van der Waals surface area contributed by atoms with Crippen LogP contribution in [0.2, 0.25) is 5.02 Å². The summed E-state index contributed by atoms with van der Waals surface area (Å²) in [4.78, 5) is 0. The third-order valence-electron chi connectivity index (χ3n) is 2.31. The van der Waals surface area contributed by atoms with Gasteiger partial charge in [-0.05, 0) is 51.1 Å². The molecule has 0 radical (unpaired) electrons. The van der Waals surface area contributed by atoms with Crippen molar-refractivity contribution in [3.8, 4) is 0 Å². The van der Waals surface area contributed by atoms with Crippen molar-refractivity contribution in [3.05, 3.63) is 44.7 Å². The van der Waals surface area contributed by atoms with Crippen LogP contribution in [0, 0.1) is 0 Å². The first-order chi connectivity index (χ1) is 8.92. The number of benzene rings is 1. The maximum absolute atomic E-state index is 12.2. The molecule has 0 amide bonds. The molecule has 1 aromatic carbocycles. The van der Waals surface area contributed by atoms with Gasteiger partial charge in [-0.3, -0.25) is 4.72 Å². The fourth-order valence-corrected chi connectivity index (χ4v) is 4.58. The predicted octanol–water partition coefficient (Wildman–Crippen LogP) is 3.42. The summed E-state index contributed by atoms with van der Waals surface area (Å²) in [5, 5.41) is 2.25. The summed E-state index contributed by atoms with van der Waals surface area (Å²) in [6.07, 6.45) is 0. The van der Waals surface area contributed by atoms with Crippen LogP contribution in [0.4, 0.5) is 5.69 Å². The van der Waals surface area contributed by atoms with Gasteiger partial charge in [0.05, 0.1) is 5.69 Å². The maximum atomic E-state index is 12.2. The number of halogens is 2. The highest BCUT2D eigenvalue weighted by molar-refractivity contribution is 9.10. The third kappa shape index (κ3) is 3.49. The van der Waals surface area contributed by atoms with E-state index in [1.807, 2.05) is 0 Å². The van der Waals surface area contributed by atoms with Crippen LogP contribution in [0.5, 0.6) is 0 Å². The Labute approximate surface area is 128 Å². The molecule has 0 spiro atoms. The number of anilines is 1. The topological polar surface area (TPSA) is 72.2 Å². The molecular formula is C11H10BrClN2O2S2. The van der Waals surface area contributed by atoms with Crippen molar-refractivity contribution < 1.29 is 8.42 Å². The Morgan fingerprint density at radius 1 is 1.37 bits per heavy atom. The lowest BCUT2D eigenvalue weighted by atomic mass is 10.3. The Bertz CT molecular complexity index is 700. The van der Waals surface area contributed by atoms with Gasteiger partial charge in [-0.25, -0.2) is 8.42 Å². The van der Waals surface area contributed by atoms with Crippen LogP contribution in [-0.2, 0) is 16.6 Å². The number of sulfonamides is 1. The highest BCUT2D eigenvalue weighted by Crippen LogP contribution is 2.29. The lowest BCUT2D eigenvalue weighted by Crippen LogP contribution is -2.12. The van der Waals surface area contributed by atoms with Crippen molar-refractivity contribution in [2.75, 3.05) is 4.72 Å². The summed E-state index contributed by atoms with van der Waals surface area (Å²) < 4.78 is 27.7. The molecule has 0 fully saturated rings. The van der Waals surface area contributed by atoms with Crippen molar-refractivity contribution in [1.29, 1.82) is 0 Å². The molecule has 0 atom stereocenters. The first-order valence-corrected chi connectivity index (χ1v) is 8.71. The van der Waals surface area contributed by atoms with Gasteiger partial charge in [0.15, 0.2) is 0 Å². The average Bonchev–Trinajstić information content (AvgIpc) is 2.82. The van der Waals surface area contributed by atoms with E-state index >= 15 is 0 Å². The van der Waals surface area contributed by atoms with Gasteiger partial charge in [-0.1, -0.05) is 11.6 Å². The molecule has 1 heterocycles. The SMILES string of the molecule is NCc1csc(S(=O)(=O)Nc2ccc(Cl)cc2Br)c1. The van der Waals surface area contributed by atoms with E-state index in [0.717, 1.165) is 16.9 Å². The minimum absolute atomic E-state index is 0.231. The molecule has 1 aromatic heterocycles. The number of nitrogens with one attached hydrogen (secondary N) is 1. The molecule has 8 heteroatoms. The number of hydrogen-bond acceptors (Lipinski definition) is 4. The van der Waals surface area contributed by atoms with E-state index in [1.165, 1.54) is 0 Å². The maximum Gasteiger partial charge on any atom is 0.271 e. The van der Waals surface area contributed by atoms with Gasteiger partial charge in [-0.2, -0.15) is 0 Å². The number of hydrogen-bond donors (Lipinski definition) is 2. The average molecular weight is 382 g/mol. The molecule has 0 aliphatic carbocycles. The molecule has 0 bridgehead atoms. The number of nitrogens with two attached hydrogens (primary N) is 1. The molecule has 102 valence electrons. The fraction of sp³-hybridized carbons (Fsp3) is 0.0909. The zero-order chi connectivity index (χ0) is 14.0. The van der Waals surface area contributed by atoms with Crippen LogP contribution in [0.25, 0.3) is 0 Å². The zero-order valence-electron chi connectivity index (χ0n) is 9.56. The van der Waals surface area contributed by atoms with Crippen LogP contribution in [0.15, 0.2) is 38.3 Å². The van der Waals surface area contributed by atoms with Crippen LogP contribution in [0.3, 0.4) is 0 Å². The molecule has 19 heavy (non-hydrogen) atoms. The second-order valence-electron chi connectivity index (χ2n) is 3.71. The molecule has 0 unspecified atom stereocenters. The van der Waals surface area contributed by atoms with E-state index < -0.39 is 10.0 Å². The smallest absolute Gasteiger partial charge is 0.271 e. The highest BCUT2D eigenvalue weighted by atomic mass is 79.9. The van der Waals surface area contributed by atoms with Crippen LogP contribution < -0.4 is 10.5 Å². The fourth-order valence-electron chi connectivity index (χ4n) is 1.37. The van der Waals surface area contributed by atoms with E-state index in [9.17, 15) is 8.42 Å². The van der Waals surface area contributed by atoms with Crippen molar-refractivity contribution in [1.82, 2.24) is 0 Å². The Morgan fingerprint density at radius 3 is 2.68 bits per heavy atom. The molecule has 0 aliphatic rings. The van der Waals surface area contributed by atoms with E-state index in [2.05, 4.69) is 20.7 Å². The quantitative estimate of drug-likeness (QED) is 0.852. The third-order valence-corrected chi connectivity index (χ3v) is 6.05. The molecule has 4 nitrogen and oxygen atoms in total. The van der Waals surface area contributed by atoms with Crippen LogP contribution in [0.1, 0.15) is 5.56 Å². The van der Waals surface area contributed by atoms with Gasteiger partial charge in [0.25, 0.3) is 10.0 Å². The van der Waals surface area contributed by atoms with E-state index in [-0.39, 0.29) is 4.21 Å². The molecule has 2 aromatic rings. The molecular weight excluding hydrogens is 372 g/mol.